The van der Waals surface area contributed by atoms with Gasteiger partial charge in [-0.3, -0.25) is 4.79 Å². The Labute approximate surface area is 122 Å². The van der Waals surface area contributed by atoms with Gasteiger partial charge in [-0.15, -0.1) is 0 Å². The predicted octanol–water partition coefficient (Wildman–Crippen LogP) is 0.590. The molecule has 6 nitrogen and oxygen atoms in total. The second-order valence-corrected chi connectivity index (χ2v) is 5.61. The molecule has 3 amide bonds. The highest BCUT2D eigenvalue weighted by Crippen LogP contribution is 2.12. The van der Waals surface area contributed by atoms with Crippen molar-refractivity contribution in [2.45, 2.75) is 33.2 Å². The molecule has 0 aromatic heterocycles. The quantitative estimate of drug-likeness (QED) is 0.822. The molecule has 1 rings (SSSR count). The van der Waals surface area contributed by atoms with Crippen molar-refractivity contribution in [3.8, 4) is 0 Å². The van der Waals surface area contributed by atoms with Crippen LogP contribution >= 0.6 is 0 Å². The summed E-state index contributed by atoms with van der Waals surface area (Å²) in [7, 11) is 1.79. The van der Waals surface area contributed by atoms with Crippen LogP contribution in [0, 0.1) is 0 Å². The van der Waals surface area contributed by atoms with Crippen LogP contribution in [0.3, 0.4) is 0 Å². The van der Waals surface area contributed by atoms with Gasteiger partial charge in [-0.05, 0) is 34.7 Å². The molecule has 6 heteroatoms. The van der Waals surface area contributed by atoms with Crippen LogP contribution in [0.1, 0.15) is 27.7 Å². The number of urea groups is 1. The van der Waals surface area contributed by atoms with Crippen LogP contribution in [-0.2, 0) is 4.79 Å². The number of nitrogens with zero attached hydrogens (tertiary/aromatic N) is 3. The number of carbonyl (C=O) groups excluding carboxylic acids is 2. The van der Waals surface area contributed by atoms with Crippen molar-refractivity contribution in [1.29, 1.82) is 0 Å². The number of piperazine rings is 1. The Balaban J connectivity index is 2.56. The van der Waals surface area contributed by atoms with Crippen LogP contribution in [0.5, 0.6) is 0 Å². The van der Waals surface area contributed by atoms with Crippen molar-refractivity contribution < 1.29 is 9.59 Å². The molecule has 1 aliphatic rings. The Morgan fingerprint density at radius 1 is 1.05 bits per heavy atom. The monoisotopic (exact) mass is 284 g/mol. The Kier molecular flexibility index (Phi) is 5.80. The van der Waals surface area contributed by atoms with Gasteiger partial charge in [-0.25, -0.2) is 4.79 Å². The molecule has 1 N–H and O–H groups in total. The van der Waals surface area contributed by atoms with Crippen molar-refractivity contribution in [3.63, 3.8) is 0 Å². The SMILES string of the molecule is CCN(CC)C(=O)N1CCN(C(=O)C(C)(C)NC)CC1. The minimum atomic E-state index is -0.551. The molecule has 0 saturated carbocycles. The first-order valence-electron chi connectivity index (χ1n) is 7.39. The maximum Gasteiger partial charge on any atom is 0.320 e. The predicted molar refractivity (Wildman–Crippen MR) is 79.6 cm³/mol. The summed E-state index contributed by atoms with van der Waals surface area (Å²) in [6.45, 7) is 11.6. The van der Waals surface area contributed by atoms with Crippen LogP contribution in [0.4, 0.5) is 4.79 Å². The van der Waals surface area contributed by atoms with Gasteiger partial charge in [-0.1, -0.05) is 0 Å². The molecule has 1 saturated heterocycles. The standard InChI is InChI=1S/C14H28N4O2/c1-6-16(7-2)13(20)18-10-8-17(9-11-18)12(19)14(3,4)15-5/h15H,6-11H2,1-5H3. The first-order valence-corrected chi connectivity index (χ1v) is 7.39. The maximum atomic E-state index is 12.3. The molecule has 0 aromatic carbocycles. The maximum absolute atomic E-state index is 12.3. The van der Waals surface area contributed by atoms with Crippen molar-refractivity contribution in [2.75, 3.05) is 46.3 Å². The zero-order valence-electron chi connectivity index (χ0n) is 13.4. The minimum absolute atomic E-state index is 0.0787. The van der Waals surface area contributed by atoms with Gasteiger partial charge in [0.2, 0.25) is 5.91 Å². The van der Waals surface area contributed by atoms with Crippen molar-refractivity contribution in [1.82, 2.24) is 20.0 Å². The number of amides is 3. The van der Waals surface area contributed by atoms with E-state index < -0.39 is 5.54 Å². The summed E-state index contributed by atoms with van der Waals surface area (Å²) in [5.74, 6) is 0.0925. The lowest BCUT2D eigenvalue weighted by Gasteiger charge is -2.39. The molecular weight excluding hydrogens is 256 g/mol. The van der Waals surface area contributed by atoms with Crippen LogP contribution in [-0.4, -0.2) is 78.5 Å². The van der Waals surface area contributed by atoms with Crippen LogP contribution in [0.25, 0.3) is 0 Å². The van der Waals surface area contributed by atoms with E-state index in [1.54, 1.807) is 7.05 Å². The highest BCUT2D eigenvalue weighted by molar-refractivity contribution is 5.85. The summed E-state index contributed by atoms with van der Waals surface area (Å²) in [6, 6.07) is 0.0787. The molecule has 0 aromatic rings. The number of carbonyl (C=O) groups is 2. The Bertz CT molecular complexity index is 345. The van der Waals surface area contributed by atoms with Gasteiger partial charge in [0.05, 0.1) is 5.54 Å². The third-order valence-electron chi connectivity index (χ3n) is 4.03. The van der Waals surface area contributed by atoms with E-state index in [4.69, 9.17) is 0 Å². The molecule has 1 aliphatic heterocycles. The molecule has 0 atom stereocenters. The average molecular weight is 284 g/mol. The Morgan fingerprint density at radius 3 is 1.90 bits per heavy atom. The van der Waals surface area contributed by atoms with Crippen molar-refractivity contribution in [3.05, 3.63) is 0 Å². The van der Waals surface area contributed by atoms with Gasteiger partial charge < -0.3 is 20.0 Å². The van der Waals surface area contributed by atoms with E-state index in [1.807, 2.05) is 42.4 Å². The topological polar surface area (TPSA) is 55.9 Å². The second kappa shape index (κ2) is 6.92. The number of rotatable bonds is 4. The number of hydrogen-bond donors (Lipinski definition) is 1. The van der Waals surface area contributed by atoms with Crippen LogP contribution in [0.2, 0.25) is 0 Å². The van der Waals surface area contributed by atoms with Crippen molar-refractivity contribution >= 4 is 11.9 Å². The Hall–Kier alpha value is -1.30. The molecule has 0 radical (unpaired) electrons. The molecule has 0 spiro atoms. The smallest absolute Gasteiger partial charge is 0.320 e. The normalized spacial score (nSPS) is 16.2. The number of likely N-dealkylation sites (N-methyl/N-ethyl adjacent to an activating group) is 1. The summed E-state index contributed by atoms with van der Waals surface area (Å²) in [4.78, 5) is 30.0. The fraction of sp³-hybridized carbons (Fsp3) is 0.857. The third-order valence-corrected chi connectivity index (χ3v) is 4.03. The van der Waals surface area contributed by atoms with Gasteiger partial charge in [0, 0.05) is 39.3 Å². The van der Waals surface area contributed by atoms with Gasteiger partial charge in [0.25, 0.3) is 0 Å². The molecule has 1 heterocycles. The highest BCUT2D eigenvalue weighted by Gasteiger charge is 2.33. The van der Waals surface area contributed by atoms with Gasteiger partial charge in [0.15, 0.2) is 0 Å². The zero-order chi connectivity index (χ0) is 15.3. The number of hydrogen-bond acceptors (Lipinski definition) is 3. The van der Waals surface area contributed by atoms with Gasteiger partial charge in [0.1, 0.15) is 0 Å². The van der Waals surface area contributed by atoms with Gasteiger partial charge in [-0.2, -0.15) is 0 Å². The zero-order valence-corrected chi connectivity index (χ0v) is 13.4. The largest absolute Gasteiger partial charge is 0.338 e. The lowest BCUT2D eigenvalue weighted by atomic mass is 10.0. The summed E-state index contributed by atoms with van der Waals surface area (Å²) < 4.78 is 0. The summed E-state index contributed by atoms with van der Waals surface area (Å²) in [5.41, 5.74) is -0.551. The molecule has 1 fully saturated rings. The minimum Gasteiger partial charge on any atom is -0.338 e. The molecule has 116 valence electrons. The molecule has 0 bridgehead atoms. The summed E-state index contributed by atoms with van der Waals surface area (Å²) in [6.07, 6.45) is 0. The first kappa shape index (κ1) is 16.8. The first-order chi connectivity index (χ1) is 9.37. The lowest BCUT2D eigenvalue weighted by Crippen LogP contribution is -2.59. The lowest BCUT2D eigenvalue weighted by molar-refractivity contribution is -0.138. The van der Waals surface area contributed by atoms with E-state index >= 15 is 0 Å². The van der Waals surface area contributed by atoms with Crippen LogP contribution in [0.15, 0.2) is 0 Å². The van der Waals surface area contributed by atoms with E-state index in [-0.39, 0.29) is 11.9 Å². The fourth-order valence-electron chi connectivity index (χ4n) is 2.30. The van der Waals surface area contributed by atoms with E-state index in [0.717, 1.165) is 13.1 Å². The second-order valence-electron chi connectivity index (χ2n) is 5.61. The fourth-order valence-corrected chi connectivity index (χ4v) is 2.30. The molecule has 0 unspecified atom stereocenters. The summed E-state index contributed by atoms with van der Waals surface area (Å²) >= 11 is 0. The number of nitrogens with one attached hydrogen (secondary N) is 1. The Morgan fingerprint density at radius 2 is 1.50 bits per heavy atom. The average Bonchev–Trinajstić information content (AvgIpc) is 2.47. The summed E-state index contributed by atoms with van der Waals surface area (Å²) in [5, 5.41) is 3.03. The van der Waals surface area contributed by atoms with E-state index in [2.05, 4.69) is 5.32 Å². The van der Waals surface area contributed by atoms with Gasteiger partial charge >= 0.3 is 6.03 Å². The highest BCUT2D eigenvalue weighted by atomic mass is 16.2. The van der Waals surface area contributed by atoms with E-state index in [9.17, 15) is 9.59 Å². The van der Waals surface area contributed by atoms with E-state index in [0.29, 0.717) is 26.2 Å². The van der Waals surface area contributed by atoms with E-state index in [1.165, 1.54) is 0 Å². The molecule has 20 heavy (non-hydrogen) atoms. The van der Waals surface area contributed by atoms with Crippen LogP contribution < -0.4 is 5.32 Å². The molecule has 0 aliphatic carbocycles. The third kappa shape index (κ3) is 3.62. The van der Waals surface area contributed by atoms with Crippen molar-refractivity contribution in [2.24, 2.45) is 0 Å². The molecular formula is C14H28N4O2.